The molecule has 0 aliphatic carbocycles. The van der Waals surface area contributed by atoms with Crippen LogP contribution in [0.3, 0.4) is 0 Å². The predicted octanol–water partition coefficient (Wildman–Crippen LogP) is 3.28. The van der Waals surface area contributed by atoms with E-state index < -0.39 is 6.17 Å². The Kier molecular flexibility index (Phi) is 6.95. The average molecular weight is 436 g/mol. The zero-order valence-electron chi connectivity index (χ0n) is 19.2. The number of methoxy groups -OCH3 is 1. The Bertz CT molecular complexity index is 936. The van der Waals surface area contributed by atoms with Crippen LogP contribution in [0.2, 0.25) is 0 Å². The normalized spacial score (nSPS) is 19.1. The summed E-state index contributed by atoms with van der Waals surface area (Å²) in [5.41, 5.74) is 6.47. The van der Waals surface area contributed by atoms with Crippen molar-refractivity contribution in [1.29, 1.82) is 0 Å². The van der Waals surface area contributed by atoms with Crippen LogP contribution in [0.1, 0.15) is 31.7 Å². The van der Waals surface area contributed by atoms with E-state index in [4.69, 9.17) is 4.74 Å². The van der Waals surface area contributed by atoms with Crippen molar-refractivity contribution in [2.75, 3.05) is 49.6 Å². The van der Waals surface area contributed by atoms with Gasteiger partial charge in [-0.05, 0) is 35.7 Å². The predicted molar refractivity (Wildman–Crippen MR) is 130 cm³/mol. The van der Waals surface area contributed by atoms with Crippen molar-refractivity contribution in [3.8, 4) is 5.75 Å². The Morgan fingerprint density at radius 1 is 1.09 bits per heavy atom. The van der Waals surface area contributed by atoms with Crippen LogP contribution >= 0.6 is 0 Å². The fraction of sp³-hybridized carbons (Fsp3) is 0.440. The maximum Gasteiger partial charge on any atom is 0.177 e. The number of hydrogen-bond acceptors (Lipinski definition) is 7. The van der Waals surface area contributed by atoms with E-state index in [1.165, 1.54) is 11.3 Å². The second kappa shape index (κ2) is 10.0. The van der Waals surface area contributed by atoms with Crippen molar-refractivity contribution < 1.29 is 9.53 Å². The van der Waals surface area contributed by atoms with Crippen LogP contribution in [0.4, 0.5) is 11.4 Å². The van der Waals surface area contributed by atoms with E-state index in [2.05, 4.69) is 70.6 Å². The number of carbonyl (C=O) groups is 1. The summed E-state index contributed by atoms with van der Waals surface area (Å²) in [5, 5.41) is 4.48. The SMILES string of the molecule is COc1cccc(N2CCN(CCC3=NNC(C=O)N3c3ccc(C(C)C)cc3)CC2)c1. The molecule has 2 aliphatic heterocycles. The number of rotatable bonds is 8. The number of hydrazone groups is 1. The molecule has 1 saturated heterocycles. The number of carbonyl (C=O) groups excluding carboxylic acids is 1. The van der Waals surface area contributed by atoms with E-state index in [0.29, 0.717) is 5.92 Å². The van der Waals surface area contributed by atoms with Gasteiger partial charge in [0.25, 0.3) is 0 Å². The lowest BCUT2D eigenvalue weighted by Crippen LogP contribution is -2.48. The Balaban J connectivity index is 1.34. The fourth-order valence-corrected chi connectivity index (χ4v) is 4.30. The van der Waals surface area contributed by atoms with Gasteiger partial charge in [0, 0.05) is 56.6 Å². The van der Waals surface area contributed by atoms with Crippen molar-refractivity contribution >= 4 is 23.5 Å². The molecule has 4 rings (SSSR count). The summed E-state index contributed by atoms with van der Waals surface area (Å²) in [7, 11) is 1.70. The Morgan fingerprint density at radius 2 is 1.84 bits per heavy atom. The zero-order chi connectivity index (χ0) is 22.5. The van der Waals surface area contributed by atoms with Crippen LogP contribution in [0.25, 0.3) is 0 Å². The van der Waals surface area contributed by atoms with Gasteiger partial charge in [0.05, 0.1) is 7.11 Å². The van der Waals surface area contributed by atoms with Gasteiger partial charge in [-0.15, -0.1) is 0 Å². The molecule has 32 heavy (non-hydrogen) atoms. The number of nitrogens with zero attached hydrogens (tertiary/aromatic N) is 4. The average Bonchev–Trinajstić information content (AvgIpc) is 3.26. The van der Waals surface area contributed by atoms with Gasteiger partial charge >= 0.3 is 0 Å². The van der Waals surface area contributed by atoms with Crippen LogP contribution in [0.5, 0.6) is 5.75 Å². The number of hydrogen-bond donors (Lipinski definition) is 1. The van der Waals surface area contributed by atoms with E-state index >= 15 is 0 Å². The molecule has 7 heteroatoms. The van der Waals surface area contributed by atoms with E-state index in [1.807, 2.05) is 17.0 Å². The molecule has 1 fully saturated rings. The lowest BCUT2D eigenvalue weighted by molar-refractivity contribution is -0.109. The van der Waals surface area contributed by atoms with Gasteiger partial charge in [0.15, 0.2) is 12.5 Å². The maximum absolute atomic E-state index is 11.6. The summed E-state index contributed by atoms with van der Waals surface area (Å²) < 4.78 is 5.36. The molecule has 7 nitrogen and oxygen atoms in total. The van der Waals surface area contributed by atoms with Crippen molar-refractivity contribution in [2.45, 2.75) is 32.4 Å². The van der Waals surface area contributed by atoms with E-state index in [0.717, 1.165) is 62.7 Å². The number of aldehydes is 1. The first kappa shape index (κ1) is 22.1. The highest BCUT2D eigenvalue weighted by molar-refractivity contribution is 6.02. The van der Waals surface area contributed by atoms with Gasteiger partial charge in [0.2, 0.25) is 0 Å². The van der Waals surface area contributed by atoms with E-state index in [9.17, 15) is 4.79 Å². The maximum atomic E-state index is 11.6. The standard InChI is InChI=1S/C25H33N5O2/c1-19(2)20-7-9-21(10-8-20)30-24(26-27-25(30)18-31)11-12-28-13-15-29(16-14-28)22-5-4-6-23(17-22)32-3/h4-10,17-19,25,27H,11-16H2,1-3H3. The van der Waals surface area contributed by atoms with Gasteiger partial charge < -0.3 is 9.64 Å². The molecule has 0 bridgehead atoms. The molecule has 2 aliphatic rings. The summed E-state index contributed by atoms with van der Waals surface area (Å²) in [6, 6.07) is 16.7. The first-order valence-electron chi connectivity index (χ1n) is 11.4. The van der Waals surface area contributed by atoms with E-state index in [1.54, 1.807) is 7.11 Å². The third-order valence-electron chi connectivity index (χ3n) is 6.29. The molecule has 0 radical (unpaired) electrons. The van der Waals surface area contributed by atoms with Crippen molar-refractivity contribution in [3.63, 3.8) is 0 Å². The third kappa shape index (κ3) is 4.88. The van der Waals surface area contributed by atoms with Crippen molar-refractivity contribution in [2.24, 2.45) is 5.10 Å². The quantitative estimate of drug-likeness (QED) is 0.642. The highest BCUT2D eigenvalue weighted by Crippen LogP contribution is 2.25. The molecule has 0 saturated carbocycles. The van der Waals surface area contributed by atoms with Crippen LogP contribution < -0.4 is 20.0 Å². The Hall–Kier alpha value is -3.06. The topological polar surface area (TPSA) is 60.4 Å². The van der Waals surface area contributed by atoms with Gasteiger partial charge in [0.1, 0.15) is 11.6 Å². The molecule has 1 atom stereocenters. The molecule has 0 amide bonds. The molecule has 2 aromatic rings. The summed E-state index contributed by atoms with van der Waals surface area (Å²) in [6.45, 7) is 9.24. The highest BCUT2D eigenvalue weighted by Gasteiger charge is 2.29. The molecule has 1 N–H and O–H groups in total. The van der Waals surface area contributed by atoms with Gasteiger partial charge in [-0.3, -0.25) is 20.0 Å². The number of amidine groups is 1. The van der Waals surface area contributed by atoms with Crippen LogP contribution in [0, 0.1) is 0 Å². The van der Waals surface area contributed by atoms with Crippen LogP contribution in [-0.2, 0) is 4.79 Å². The number of nitrogens with one attached hydrogen (secondary N) is 1. The third-order valence-corrected chi connectivity index (χ3v) is 6.29. The minimum absolute atomic E-state index is 0.445. The van der Waals surface area contributed by atoms with Gasteiger partial charge in [-0.25, -0.2) is 0 Å². The molecule has 0 spiro atoms. The smallest absolute Gasteiger partial charge is 0.177 e. The van der Waals surface area contributed by atoms with Gasteiger partial charge in [-0.1, -0.05) is 32.0 Å². The fourth-order valence-electron chi connectivity index (χ4n) is 4.30. The number of piperazine rings is 1. The lowest BCUT2D eigenvalue weighted by Gasteiger charge is -2.36. The Labute approximate surface area is 190 Å². The summed E-state index contributed by atoms with van der Waals surface area (Å²) in [5.74, 6) is 2.28. The minimum atomic E-state index is -0.445. The lowest BCUT2D eigenvalue weighted by atomic mass is 10.0. The largest absolute Gasteiger partial charge is 0.497 e. The van der Waals surface area contributed by atoms with Crippen LogP contribution in [0.15, 0.2) is 53.6 Å². The second-order valence-corrected chi connectivity index (χ2v) is 8.63. The molecular weight excluding hydrogens is 402 g/mol. The first-order valence-corrected chi connectivity index (χ1v) is 11.4. The number of benzene rings is 2. The molecule has 2 aromatic carbocycles. The zero-order valence-corrected chi connectivity index (χ0v) is 19.2. The highest BCUT2D eigenvalue weighted by atomic mass is 16.5. The van der Waals surface area contributed by atoms with Crippen LogP contribution in [-0.4, -0.2) is 63.0 Å². The molecule has 170 valence electrons. The monoisotopic (exact) mass is 435 g/mol. The van der Waals surface area contributed by atoms with Crippen molar-refractivity contribution in [1.82, 2.24) is 10.3 Å². The second-order valence-electron chi connectivity index (χ2n) is 8.63. The molecule has 2 heterocycles. The molecule has 0 aromatic heterocycles. The summed E-state index contributed by atoms with van der Waals surface area (Å²) >= 11 is 0. The molecular formula is C25H33N5O2. The minimum Gasteiger partial charge on any atom is -0.497 e. The van der Waals surface area contributed by atoms with Gasteiger partial charge in [-0.2, -0.15) is 5.10 Å². The summed E-state index contributed by atoms with van der Waals surface area (Å²) in [6.07, 6.45) is 1.27. The van der Waals surface area contributed by atoms with Crippen molar-refractivity contribution in [3.05, 3.63) is 54.1 Å². The number of ether oxygens (including phenoxy) is 1. The van der Waals surface area contributed by atoms with E-state index in [-0.39, 0.29) is 0 Å². The molecule has 1 unspecified atom stereocenters. The number of anilines is 2. The first-order chi connectivity index (χ1) is 15.6. The summed E-state index contributed by atoms with van der Waals surface area (Å²) in [4.78, 5) is 18.5. The Morgan fingerprint density at radius 3 is 2.50 bits per heavy atom.